The molecule has 0 unspecified atom stereocenters. The van der Waals surface area contributed by atoms with E-state index in [1.54, 1.807) is 6.07 Å². The molecule has 0 aliphatic heterocycles. The van der Waals surface area contributed by atoms with E-state index in [4.69, 9.17) is 28.3 Å². The van der Waals surface area contributed by atoms with E-state index in [0.717, 1.165) is 5.56 Å². The molecule has 0 aromatic heterocycles. The Morgan fingerprint density at radius 2 is 1.75 bits per heavy atom. The van der Waals surface area contributed by atoms with Crippen LogP contribution in [0, 0.1) is 0 Å². The molecule has 0 bridgehead atoms. The third-order valence-corrected chi connectivity index (χ3v) is 4.30. The largest absolute Gasteiger partial charge is 0.380 e. The molecular weight excluding hydrogens is 319 g/mol. The van der Waals surface area contributed by atoms with Gasteiger partial charge >= 0.3 is 0 Å². The van der Waals surface area contributed by atoms with E-state index in [1.165, 1.54) is 18.2 Å². The first kappa shape index (κ1) is 15.1. The molecule has 2 rings (SSSR count). The second-order valence-electron chi connectivity index (χ2n) is 4.13. The highest BCUT2D eigenvalue weighted by molar-refractivity contribution is 7.89. The van der Waals surface area contributed by atoms with Crippen molar-refractivity contribution in [1.29, 1.82) is 0 Å². The van der Waals surface area contributed by atoms with Crippen LogP contribution in [0.2, 0.25) is 10.0 Å². The molecule has 0 saturated heterocycles. The second kappa shape index (κ2) is 6.01. The van der Waals surface area contributed by atoms with E-state index in [0.29, 0.717) is 22.3 Å². The number of benzene rings is 2. The van der Waals surface area contributed by atoms with Gasteiger partial charge in [-0.2, -0.15) is 0 Å². The summed E-state index contributed by atoms with van der Waals surface area (Å²) in [5.41, 5.74) is 1.37. The van der Waals surface area contributed by atoms with Gasteiger partial charge in [0.05, 0.1) is 15.6 Å². The highest BCUT2D eigenvalue weighted by atomic mass is 35.5. The number of hydrogen-bond donors (Lipinski definition) is 2. The molecule has 0 amide bonds. The number of hydrogen-bond acceptors (Lipinski definition) is 3. The molecule has 3 N–H and O–H groups in total. The monoisotopic (exact) mass is 330 g/mol. The van der Waals surface area contributed by atoms with Crippen molar-refractivity contribution in [3.63, 3.8) is 0 Å². The molecule has 4 nitrogen and oxygen atoms in total. The maximum absolute atomic E-state index is 11.3. The summed E-state index contributed by atoms with van der Waals surface area (Å²) >= 11 is 12.1. The smallest absolute Gasteiger partial charge is 0.238 e. The summed E-state index contributed by atoms with van der Waals surface area (Å²) in [6.45, 7) is 0.424. The minimum Gasteiger partial charge on any atom is -0.380 e. The molecule has 0 spiro atoms. The highest BCUT2D eigenvalue weighted by Gasteiger charge is 2.11. The van der Waals surface area contributed by atoms with E-state index in [1.807, 2.05) is 18.2 Å². The lowest BCUT2D eigenvalue weighted by molar-refractivity contribution is 0.598. The van der Waals surface area contributed by atoms with E-state index < -0.39 is 10.0 Å². The summed E-state index contributed by atoms with van der Waals surface area (Å²) in [7, 11) is -3.76. The molecule has 0 heterocycles. The molecule has 0 fully saturated rings. The van der Waals surface area contributed by atoms with E-state index >= 15 is 0 Å². The summed E-state index contributed by atoms with van der Waals surface area (Å²) in [6, 6.07) is 11.6. The lowest BCUT2D eigenvalue weighted by atomic mass is 10.2. The molecular formula is C13H12Cl2N2O2S. The number of nitrogens with two attached hydrogens (primary N) is 1. The van der Waals surface area contributed by atoms with E-state index in [2.05, 4.69) is 5.32 Å². The van der Waals surface area contributed by atoms with Gasteiger partial charge in [-0.1, -0.05) is 41.4 Å². The Morgan fingerprint density at radius 3 is 2.40 bits per heavy atom. The van der Waals surface area contributed by atoms with Crippen LogP contribution < -0.4 is 10.5 Å². The lowest BCUT2D eigenvalue weighted by Crippen LogP contribution is -2.12. The first-order valence-electron chi connectivity index (χ1n) is 5.67. The zero-order valence-corrected chi connectivity index (χ0v) is 12.6. The normalized spacial score (nSPS) is 11.3. The van der Waals surface area contributed by atoms with Gasteiger partial charge in [-0.05, 0) is 29.8 Å². The predicted octanol–water partition coefficient (Wildman–Crippen LogP) is 3.25. The van der Waals surface area contributed by atoms with Gasteiger partial charge in [-0.25, -0.2) is 13.6 Å². The topological polar surface area (TPSA) is 72.2 Å². The van der Waals surface area contributed by atoms with Gasteiger partial charge in [0, 0.05) is 11.6 Å². The van der Waals surface area contributed by atoms with Gasteiger partial charge in [-0.15, -0.1) is 0 Å². The number of nitrogens with one attached hydrogen (secondary N) is 1. The van der Waals surface area contributed by atoms with Crippen LogP contribution in [-0.4, -0.2) is 8.42 Å². The molecule has 7 heteroatoms. The first-order valence-corrected chi connectivity index (χ1v) is 7.98. The van der Waals surface area contributed by atoms with E-state index in [9.17, 15) is 8.42 Å². The Kier molecular flexibility index (Phi) is 4.55. The number of anilines is 1. The van der Waals surface area contributed by atoms with Crippen LogP contribution in [0.15, 0.2) is 47.4 Å². The minimum absolute atomic E-state index is 0.00330. The van der Waals surface area contributed by atoms with Gasteiger partial charge < -0.3 is 5.32 Å². The average molecular weight is 331 g/mol. The fourth-order valence-corrected chi connectivity index (χ4v) is 2.58. The Morgan fingerprint density at radius 1 is 1.05 bits per heavy atom. The lowest BCUT2D eigenvalue weighted by Gasteiger charge is -2.11. The summed E-state index contributed by atoms with van der Waals surface area (Å²) in [6.07, 6.45) is 0. The molecule has 0 aliphatic rings. The van der Waals surface area contributed by atoms with Gasteiger partial charge in [0.25, 0.3) is 0 Å². The zero-order valence-electron chi connectivity index (χ0n) is 10.3. The Hall–Kier alpha value is -1.27. The quantitative estimate of drug-likeness (QED) is 0.903. The summed E-state index contributed by atoms with van der Waals surface area (Å²) in [5, 5.41) is 9.16. The molecule has 0 saturated carbocycles. The van der Waals surface area contributed by atoms with Crippen molar-refractivity contribution >= 4 is 38.9 Å². The van der Waals surface area contributed by atoms with Crippen molar-refractivity contribution in [2.45, 2.75) is 11.4 Å². The molecule has 2 aromatic rings. The number of sulfonamides is 1. The van der Waals surface area contributed by atoms with Crippen molar-refractivity contribution in [2.24, 2.45) is 5.14 Å². The van der Waals surface area contributed by atoms with Crippen molar-refractivity contribution < 1.29 is 8.42 Å². The Bertz CT molecular complexity index is 733. The van der Waals surface area contributed by atoms with Crippen molar-refractivity contribution in [3.05, 3.63) is 58.1 Å². The number of primary sulfonamides is 1. The zero-order chi connectivity index (χ0) is 14.8. The van der Waals surface area contributed by atoms with Gasteiger partial charge in [0.1, 0.15) is 0 Å². The maximum atomic E-state index is 11.3. The van der Waals surface area contributed by atoms with Crippen molar-refractivity contribution in [2.75, 3.05) is 5.32 Å². The first-order chi connectivity index (χ1) is 9.38. The van der Waals surface area contributed by atoms with Crippen LogP contribution in [0.5, 0.6) is 0 Å². The Balaban J connectivity index is 2.24. The molecule has 0 aliphatic carbocycles. The standard InChI is InChI=1S/C13H12Cl2N2O2S/c14-11-4-2-1-3-9(11)8-17-13-7-10(20(16,18)19)5-6-12(13)15/h1-7,17H,8H2,(H2,16,18,19). The minimum atomic E-state index is -3.76. The molecule has 2 aromatic carbocycles. The molecule has 0 radical (unpaired) electrons. The predicted molar refractivity (Wildman–Crippen MR) is 81.6 cm³/mol. The van der Waals surface area contributed by atoms with Crippen molar-refractivity contribution in [3.8, 4) is 0 Å². The van der Waals surface area contributed by atoms with Crippen LogP contribution in [0.3, 0.4) is 0 Å². The SMILES string of the molecule is NS(=O)(=O)c1ccc(Cl)c(NCc2ccccc2Cl)c1. The summed E-state index contributed by atoms with van der Waals surface area (Å²) < 4.78 is 22.6. The van der Waals surface area contributed by atoms with Crippen LogP contribution in [0.1, 0.15) is 5.56 Å². The van der Waals surface area contributed by atoms with Gasteiger partial charge in [0.2, 0.25) is 10.0 Å². The number of halogens is 2. The van der Waals surface area contributed by atoms with Crippen molar-refractivity contribution in [1.82, 2.24) is 0 Å². The van der Waals surface area contributed by atoms with Crippen LogP contribution in [0.25, 0.3) is 0 Å². The molecule has 0 atom stereocenters. The maximum Gasteiger partial charge on any atom is 0.238 e. The summed E-state index contributed by atoms with van der Waals surface area (Å²) in [4.78, 5) is 0.00330. The molecule has 106 valence electrons. The third-order valence-electron chi connectivity index (χ3n) is 2.69. The van der Waals surface area contributed by atoms with Crippen LogP contribution >= 0.6 is 23.2 Å². The fraction of sp³-hybridized carbons (Fsp3) is 0.0769. The van der Waals surface area contributed by atoms with Gasteiger partial charge in [-0.3, -0.25) is 0 Å². The Labute approximate surface area is 127 Å². The van der Waals surface area contributed by atoms with Crippen LogP contribution in [-0.2, 0) is 16.6 Å². The third kappa shape index (κ3) is 3.64. The summed E-state index contributed by atoms with van der Waals surface area (Å²) in [5.74, 6) is 0. The second-order valence-corrected chi connectivity index (χ2v) is 6.51. The highest BCUT2D eigenvalue weighted by Crippen LogP contribution is 2.26. The average Bonchev–Trinajstić information content (AvgIpc) is 2.38. The molecule has 20 heavy (non-hydrogen) atoms. The van der Waals surface area contributed by atoms with Crippen LogP contribution in [0.4, 0.5) is 5.69 Å². The van der Waals surface area contributed by atoms with E-state index in [-0.39, 0.29) is 4.90 Å². The van der Waals surface area contributed by atoms with Gasteiger partial charge in [0.15, 0.2) is 0 Å². The fourth-order valence-electron chi connectivity index (χ4n) is 1.65. The number of rotatable bonds is 4.